The van der Waals surface area contributed by atoms with Crippen LogP contribution in [0.2, 0.25) is 0 Å². The van der Waals surface area contributed by atoms with Crippen LogP contribution in [0, 0.1) is 5.82 Å². The monoisotopic (exact) mass is 246 g/mol. The molecule has 2 heterocycles. The van der Waals surface area contributed by atoms with Crippen molar-refractivity contribution in [2.45, 2.75) is 26.3 Å². The summed E-state index contributed by atoms with van der Waals surface area (Å²) >= 11 is 0. The fraction of sp³-hybridized carbons (Fsp3) is 0.308. The zero-order valence-corrected chi connectivity index (χ0v) is 10.2. The predicted octanol–water partition coefficient (Wildman–Crippen LogP) is 2.09. The van der Waals surface area contributed by atoms with E-state index in [1.54, 1.807) is 12.3 Å². The van der Waals surface area contributed by atoms with E-state index in [0.717, 1.165) is 30.3 Å². The van der Waals surface area contributed by atoms with Gasteiger partial charge in [0.25, 0.3) is 0 Å². The van der Waals surface area contributed by atoms with Gasteiger partial charge in [-0.15, -0.1) is 0 Å². The largest absolute Gasteiger partial charge is 0.326 e. The second kappa shape index (κ2) is 5.64. The summed E-state index contributed by atoms with van der Waals surface area (Å²) in [5.41, 5.74) is 8.10. The van der Waals surface area contributed by atoms with Gasteiger partial charge in [-0.3, -0.25) is 0 Å². The number of halogens is 1. The third-order valence-corrected chi connectivity index (χ3v) is 2.62. The Labute approximate surface area is 105 Å². The molecule has 0 bridgehead atoms. The maximum atomic E-state index is 12.8. The van der Waals surface area contributed by atoms with Gasteiger partial charge in [-0.2, -0.15) is 0 Å². The number of nitrogens with two attached hydrogens (primary N) is 1. The average Bonchev–Trinajstić information content (AvgIpc) is 2.40. The lowest BCUT2D eigenvalue weighted by atomic mass is 10.1. The first-order valence-electron chi connectivity index (χ1n) is 5.91. The lowest BCUT2D eigenvalue weighted by Crippen LogP contribution is -2.06. The second-order valence-electron chi connectivity index (χ2n) is 3.98. The molecular weight excluding hydrogens is 231 g/mol. The molecule has 0 aliphatic carbocycles. The van der Waals surface area contributed by atoms with Gasteiger partial charge in [0, 0.05) is 24.0 Å². The molecule has 0 amide bonds. The van der Waals surface area contributed by atoms with Gasteiger partial charge in [-0.25, -0.2) is 19.3 Å². The minimum Gasteiger partial charge on any atom is -0.326 e. The number of nitrogens with zero attached hydrogens (tertiary/aromatic N) is 3. The quantitative estimate of drug-likeness (QED) is 0.897. The summed E-state index contributed by atoms with van der Waals surface area (Å²) in [6.07, 6.45) is 4.72. The van der Waals surface area contributed by atoms with Crippen LogP contribution in [0.25, 0.3) is 11.5 Å². The lowest BCUT2D eigenvalue weighted by Gasteiger charge is -2.07. The summed E-state index contributed by atoms with van der Waals surface area (Å²) in [6.45, 7) is 2.50. The highest BCUT2D eigenvalue weighted by atomic mass is 19.1. The molecule has 2 aromatic heterocycles. The zero-order chi connectivity index (χ0) is 13.0. The van der Waals surface area contributed by atoms with Crippen LogP contribution in [0.3, 0.4) is 0 Å². The van der Waals surface area contributed by atoms with Gasteiger partial charge in [0.05, 0.1) is 6.20 Å². The summed E-state index contributed by atoms with van der Waals surface area (Å²) in [6, 6.07) is 2.92. The van der Waals surface area contributed by atoms with Gasteiger partial charge in [0.1, 0.15) is 11.5 Å². The molecular formula is C13H15FN4. The molecule has 4 nitrogen and oxygen atoms in total. The van der Waals surface area contributed by atoms with Crippen molar-refractivity contribution in [3.8, 4) is 11.5 Å². The van der Waals surface area contributed by atoms with Crippen molar-refractivity contribution >= 4 is 0 Å². The summed E-state index contributed by atoms with van der Waals surface area (Å²) in [4.78, 5) is 12.6. The molecule has 0 aliphatic rings. The van der Waals surface area contributed by atoms with Gasteiger partial charge in [0.15, 0.2) is 5.82 Å². The number of aryl methyl sites for hydroxylation is 1. The standard InChI is InChI=1S/C13H15FN4/c1-2-3-11-9(6-15)7-17-13(18-11)12-5-4-10(14)8-16-12/h4-5,7-8H,2-3,6,15H2,1H3. The van der Waals surface area contributed by atoms with Gasteiger partial charge in [-0.1, -0.05) is 13.3 Å². The molecule has 18 heavy (non-hydrogen) atoms. The van der Waals surface area contributed by atoms with Crippen LogP contribution in [0.4, 0.5) is 4.39 Å². The molecule has 0 aromatic carbocycles. The minimum atomic E-state index is -0.369. The number of hydrogen-bond donors (Lipinski definition) is 1. The van der Waals surface area contributed by atoms with E-state index in [1.165, 1.54) is 6.07 Å². The first-order valence-corrected chi connectivity index (χ1v) is 5.91. The maximum absolute atomic E-state index is 12.8. The molecule has 2 N–H and O–H groups in total. The fourth-order valence-corrected chi connectivity index (χ4v) is 1.70. The van der Waals surface area contributed by atoms with Crippen LogP contribution in [-0.4, -0.2) is 15.0 Å². The SMILES string of the molecule is CCCc1nc(-c2ccc(F)cn2)ncc1CN. The Morgan fingerprint density at radius 1 is 1.22 bits per heavy atom. The van der Waals surface area contributed by atoms with Crippen LogP contribution in [0.5, 0.6) is 0 Å². The number of pyridine rings is 1. The smallest absolute Gasteiger partial charge is 0.178 e. The Morgan fingerprint density at radius 2 is 2.06 bits per heavy atom. The van der Waals surface area contributed by atoms with E-state index < -0.39 is 0 Å². The van der Waals surface area contributed by atoms with E-state index >= 15 is 0 Å². The topological polar surface area (TPSA) is 64.7 Å². The summed E-state index contributed by atoms with van der Waals surface area (Å²) in [7, 11) is 0. The van der Waals surface area contributed by atoms with Crippen LogP contribution in [-0.2, 0) is 13.0 Å². The molecule has 0 saturated heterocycles. The van der Waals surface area contributed by atoms with E-state index in [-0.39, 0.29) is 5.82 Å². The van der Waals surface area contributed by atoms with Gasteiger partial charge < -0.3 is 5.73 Å². The molecule has 0 unspecified atom stereocenters. The van der Waals surface area contributed by atoms with E-state index in [2.05, 4.69) is 21.9 Å². The molecule has 0 saturated carbocycles. The Kier molecular flexibility index (Phi) is 3.94. The van der Waals surface area contributed by atoms with Crippen LogP contribution in [0.15, 0.2) is 24.5 Å². The predicted molar refractivity (Wildman–Crippen MR) is 67.1 cm³/mol. The number of rotatable bonds is 4. The van der Waals surface area contributed by atoms with Crippen molar-refractivity contribution < 1.29 is 4.39 Å². The summed E-state index contributed by atoms with van der Waals surface area (Å²) < 4.78 is 12.8. The van der Waals surface area contributed by atoms with Crippen molar-refractivity contribution in [3.05, 3.63) is 41.6 Å². The van der Waals surface area contributed by atoms with Crippen molar-refractivity contribution in [1.29, 1.82) is 0 Å². The first kappa shape index (κ1) is 12.6. The Hall–Kier alpha value is -1.88. The maximum Gasteiger partial charge on any atom is 0.178 e. The molecule has 0 aliphatic heterocycles. The number of aromatic nitrogens is 3. The fourth-order valence-electron chi connectivity index (χ4n) is 1.70. The molecule has 0 radical (unpaired) electrons. The molecule has 5 heteroatoms. The highest BCUT2D eigenvalue weighted by Gasteiger charge is 2.08. The summed E-state index contributed by atoms with van der Waals surface area (Å²) in [5.74, 6) is 0.141. The van der Waals surface area contributed by atoms with Crippen molar-refractivity contribution in [1.82, 2.24) is 15.0 Å². The van der Waals surface area contributed by atoms with E-state index in [4.69, 9.17) is 5.73 Å². The van der Waals surface area contributed by atoms with Crippen LogP contribution < -0.4 is 5.73 Å². The van der Waals surface area contributed by atoms with Crippen molar-refractivity contribution in [2.24, 2.45) is 5.73 Å². The van der Waals surface area contributed by atoms with Crippen LogP contribution in [0.1, 0.15) is 24.6 Å². The van der Waals surface area contributed by atoms with Crippen LogP contribution >= 0.6 is 0 Å². The van der Waals surface area contributed by atoms with E-state index in [1.807, 2.05) is 0 Å². The first-order chi connectivity index (χ1) is 8.74. The highest BCUT2D eigenvalue weighted by Crippen LogP contribution is 2.15. The third-order valence-electron chi connectivity index (χ3n) is 2.62. The molecule has 0 spiro atoms. The highest BCUT2D eigenvalue weighted by molar-refractivity contribution is 5.48. The molecule has 0 atom stereocenters. The number of hydrogen-bond acceptors (Lipinski definition) is 4. The average molecular weight is 246 g/mol. The Balaban J connectivity index is 2.39. The third kappa shape index (κ3) is 2.68. The molecule has 2 aromatic rings. The van der Waals surface area contributed by atoms with Gasteiger partial charge >= 0.3 is 0 Å². The van der Waals surface area contributed by atoms with E-state index in [9.17, 15) is 4.39 Å². The van der Waals surface area contributed by atoms with Crippen molar-refractivity contribution in [3.63, 3.8) is 0 Å². The lowest BCUT2D eigenvalue weighted by molar-refractivity contribution is 0.621. The van der Waals surface area contributed by atoms with Gasteiger partial charge in [-0.05, 0) is 18.6 Å². The van der Waals surface area contributed by atoms with E-state index in [0.29, 0.717) is 18.1 Å². The summed E-state index contributed by atoms with van der Waals surface area (Å²) in [5, 5.41) is 0. The Bertz CT molecular complexity index is 525. The second-order valence-corrected chi connectivity index (χ2v) is 3.98. The minimum absolute atomic E-state index is 0.369. The molecule has 0 fully saturated rings. The zero-order valence-electron chi connectivity index (χ0n) is 10.2. The molecule has 2 rings (SSSR count). The normalized spacial score (nSPS) is 10.6. The molecule has 94 valence electrons. The van der Waals surface area contributed by atoms with Gasteiger partial charge in [0.2, 0.25) is 0 Å². The Morgan fingerprint density at radius 3 is 2.67 bits per heavy atom. The van der Waals surface area contributed by atoms with Crippen molar-refractivity contribution in [2.75, 3.05) is 0 Å².